The van der Waals surface area contributed by atoms with Gasteiger partial charge in [-0.25, -0.2) is 9.98 Å². The molecule has 2 aromatic rings. The Balaban J connectivity index is 2.51. The zero-order chi connectivity index (χ0) is 13.7. The van der Waals surface area contributed by atoms with Crippen molar-refractivity contribution in [2.24, 2.45) is 15.7 Å². The molecular formula is C16H17N3. The predicted octanol–water partition coefficient (Wildman–Crippen LogP) is 3.45. The number of nitrogens with two attached hydrogens (primary N) is 1. The van der Waals surface area contributed by atoms with Crippen LogP contribution >= 0.6 is 0 Å². The fraction of sp³-hybridized carbons (Fsp3) is 0.125. The fourth-order valence-electron chi connectivity index (χ4n) is 1.71. The highest BCUT2D eigenvalue weighted by Crippen LogP contribution is 2.19. The second-order valence-corrected chi connectivity index (χ2v) is 4.34. The number of rotatable bonds is 2. The lowest BCUT2D eigenvalue weighted by Crippen LogP contribution is -2.10. The molecule has 3 nitrogen and oxygen atoms in total. The van der Waals surface area contributed by atoms with Crippen LogP contribution in [0.2, 0.25) is 0 Å². The van der Waals surface area contributed by atoms with Crippen LogP contribution in [0.4, 0.5) is 5.69 Å². The van der Waals surface area contributed by atoms with Crippen LogP contribution in [-0.2, 0) is 0 Å². The summed E-state index contributed by atoms with van der Waals surface area (Å²) in [5, 5.41) is 0. The molecule has 0 heterocycles. The lowest BCUT2D eigenvalue weighted by atomic mass is 10.2. The molecule has 0 amide bonds. The van der Waals surface area contributed by atoms with E-state index < -0.39 is 0 Å². The molecular weight excluding hydrogens is 234 g/mol. The summed E-state index contributed by atoms with van der Waals surface area (Å²) < 4.78 is 0. The molecule has 0 saturated heterocycles. The van der Waals surface area contributed by atoms with E-state index in [1.54, 1.807) is 6.92 Å². The Morgan fingerprint density at radius 2 is 1.58 bits per heavy atom. The summed E-state index contributed by atoms with van der Waals surface area (Å²) in [4.78, 5) is 8.95. The van der Waals surface area contributed by atoms with Crippen molar-refractivity contribution in [1.29, 1.82) is 0 Å². The first-order valence-corrected chi connectivity index (χ1v) is 6.17. The molecule has 0 aliphatic heterocycles. The lowest BCUT2D eigenvalue weighted by molar-refractivity contribution is 1.37. The maximum Gasteiger partial charge on any atom is 0.161 e. The Morgan fingerprint density at radius 3 is 2.21 bits per heavy atom. The van der Waals surface area contributed by atoms with Crippen molar-refractivity contribution in [2.75, 3.05) is 0 Å². The van der Waals surface area contributed by atoms with Gasteiger partial charge < -0.3 is 5.73 Å². The molecule has 0 saturated carbocycles. The number of benzene rings is 2. The molecule has 2 aromatic carbocycles. The molecule has 0 fully saturated rings. The van der Waals surface area contributed by atoms with E-state index in [4.69, 9.17) is 5.73 Å². The van der Waals surface area contributed by atoms with E-state index in [0.717, 1.165) is 16.8 Å². The van der Waals surface area contributed by atoms with Crippen LogP contribution in [0.15, 0.2) is 64.6 Å². The van der Waals surface area contributed by atoms with Gasteiger partial charge in [-0.05, 0) is 25.5 Å². The van der Waals surface area contributed by atoms with Gasteiger partial charge in [0, 0.05) is 5.56 Å². The molecule has 0 atom stereocenters. The van der Waals surface area contributed by atoms with Gasteiger partial charge in [-0.1, -0.05) is 48.5 Å². The third-order valence-electron chi connectivity index (χ3n) is 2.66. The van der Waals surface area contributed by atoms with Crippen molar-refractivity contribution in [3.05, 3.63) is 65.7 Å². The van der Waals surface area contributed by atoms with Gasteiger partial charge in [-0.3, -0.25) is 0 Å². The molecule has 2 N–H and O–H groups in total. The van der Waals surface area contributed by atoms with Crippen LogP contribution in [-0.4, -0.2) is 11.7 Å². The lowest BCUT2D eigenvalue weighted by Gasteiger charge is -2.04. The molecule has 96 valence electrons. The molecule has 0 spiro atoms. The number of amidine groups is 2. The SMILES string of the molecule is CC(N)=NC(=Nc1ccccc1C)c1ccccc1. The van der Waals surface area contributed by atoms with E-state index in [-0.39, 0.29) is 0 Å². The molecule has 2 rings (SSSR count). The minimum absolute atomic E-state index is 0.496. The Morgan fingerprint density at radius 1 is 0.947 bits per heavy atom. The summed E-state index contributed by atoms with van der Waals surface area (Å²) in [6, 6.07) is 17.8. The maximum absolute atomic E-state index is 5.69. The largest absolute Gasteiger partial charge is 0.387 e. The first-order valence-electron chi connectivity index (χ1n) is 6.17. The van der Waals surface area contributed by atoms with Gasteiger partial charge in [0.1, 0.15) is 0 Å². The van der Waals surface area contributed by atoms with Gasteiger partial charge in [0.2, 0.25) is 0 Å². The second kappa shape index (κ2) is 5.96. The van der Waals surface area contributed by atoms with Crippen LogP contribution in [0.1, 0.15) is 18.1 Å². The van der Waals surface area contributed by atoms with E-state index in [1.807, 2.05) is 61.5 Å². The highest BCUT2D eigenvalue weighted by Gasteiger charge is 2.03. The average Bonchev–Trinajstić information content (AvgIpc) is 2.41. The van der Waals surface area contributed by atoms with Gasteiger partial charge in [0.05, 0.1) is 11.5 Å². The van der Waals surface area contributed by atoms with Crippen LogP contribution in [0.5, 0.6) is 0 Å². The van der Waals surface area contributed by atoms with E-state index in [0.29, 0.717) is 11.7 Å². The summed E-state index contributed by atoms with van der Waals surface area (Å²) in [7, 11) is 0. The summed E-state index contributed by atoms with van der Waals surface area (Å²) in [6.07, 6.45) is 0. The number of aliphatic imine (C=N–C) groups is 2. The van der Waals surface area contributed by atoms with Gasteiger partial charge in [-0.15, -0.1) is 0 Å². The summed E-state index contributed by atoms with van der Waals surface area (Å²) in [5.41, 5.74) is 8.67. The van der Waals surface area contributed by atoms with Gasteiger partial charge in [-0.2, -0.15) is 0 Å². The van der Waals surface area contributed by atoms with Crippen molar-refractivity contribution in [1.82, 2.24) is 0 Å². The molecule has 0 unspecified atom stereocenters. The standard InChI is InChI=1S/C16H17N3/c1-12-8-6-7-11-15(12)19-16(18-13(2)17)14-9-4-3-5-10-14/h3-11H,1-2H3,(H2,17,18,19). The fourth-order valence-corrected chi connectivity index (χ4v) is 1.71. The number of hydrogen-bond donors (Lipinski definition) is 1. The Labute approximate surface area is 113 Å². The van der Waals surface area contributed by atoms with E-state index >= 15 is 0 Å². The van der Waals surface area contributed by atoms with Gasteiger partial charge >= 0.3 is 0 Å². The summed E-state index contributed by atoms with van der Waals surface area (Å²) >= 11 is 0. The molecule has 0 bridgehead atoms. The third-order valence-corrected chi connectivity index (χ3v) is 2.66. The predicted molar refractivity (Wildman–Crippen MR) is 81.1 cm³/mol. The number of hydrogen-bond acceptors (Lipinski definition) is 1. The molecule has 0 aliphatic rings. The number of aryl methyl sites for hydroxylation is 1. The van der Waals surface area contributed by atoms with E-state index in [2.05, 4.69) is 9.98 Å². The van der Waals surface area contributed by atoms with Crippen molar-refractivity contribution >= 4 is 17.4 Å². The summed E-state index contributed by atoms with van der Waals surface area (Å²) in [6.45, 7) is 3.79. The topological polar surface area (TPSA) is 50.7 Å². The highest BCUT2D eigenvalue weighted by atomic mass is 15.0. The zero-order valence-electron chi connectivity index (χ0n) is 11.2. The van der Waals surface area contributed by atoms with E-state index in [9.17, 15) is 0 Å². The molecule has 0 aliphatic carbocycles. The Kier molecular flexibility index (Phi) is 4.08. The highest BCUT2D eigenvalue weighted by molar-refractivity contribution is 6.06. The zero-order valence-corrected chi connectivity index (χ0v) is 11.2. The van der Waals surface area contributed by atoms with Gasteiger partial charge in [0.25, 0.3) is 0 Å². The molecule has 0 radical (unpaired) electrons. The maximum atomic E-state index is 5.69. The normalized spacial score (nSPS) is 12.5. The average molecular weight is 251 g/mol. The monoisotopic (exact) mass is 251 g/mol. The van der Waals surface area contributed by atoms with Crippen molar-refractivity contribution in [3.8, 4) is 0 Å². The third kappa shape index (κ3) is 3.52. The van der Waals surface area contributed by atoms with Crippen molar-refractivity contribution in [2.45, 2.75) is 13.8 Å². The summed E-state index contributed by atoms with van der Waals surface area (Å²) in [5.74, 6) is 1.13. The van der Waals surface area contributed by atoms with Crippen molar-refractivity contribution < 1.29 is 0 Å². The Bertz CT molecular complexity index is 609. The second-order valence-electron chi connectivity index (χ2n) is 4.34. The number of para-hydroxylation sites is 1. The van der Waals surface area contributed by atoms with Crippen LogP contribution in [0.3, 0.4) is 0 Å². The quantitative estimate of drug-likeness (QED) is 0.645. The van der Waals surface area contributed by atoms with Crippen LogP contribution in [0, 0.1) is 6.92 Å². The molecule has 3 heteroatoms. The first kappa shape index (κ1) is 13.0. The smallest absolute Gasteiger partial charge is 0.161 e. The van der Waals surface area contributed by atoms with E-state index in [1.165, 1.54) is 0 Å². The van der Waals surface area contributed by atoms with Crippen LogP contribution < -0.4 is 5.73 Å². The molecule has 19 heavy (non-hydrogen) atoms. The number of nitrogens with zero attached hydrogens (tertiary/aromatic N) is 2. The minimum Gasteiger partial charge on any atom is -0.387 e. The Hall–Kier alpha value is -2.42. The van der Waals surface area contributed by atoms with Crippen molar-refractivity contribution in [3.63, 3.8) is 0 Å². The van der Waals surface area contributed by atoms with Gasteiger partial charge in [0.15, 0.2) is 5.84 Å². The first-order chi connectivity index (χ1) is 9.16. The molecule has 0 aromatic heterocycles. The minimum atomic E-state index is 0.496. The van der Waals surface area contributed by atoms with Crippen LogP contribution in [0.25, 0.3) is 0 Å².